The van der Waals surface area contributed by atoms with Gasteiger partial charge < -0.3 is 10.4 Å². The summed E-state index contributed by atoms with van der Waals surface area (Å²) in [6.45, 7) is 3.04. The van der Waals surface area contributed by atoms with E-state index in [2.05, 4.69) is 36.5 Å². The third kappa shape index (κ3) is 2.85. The van der Waals surface area contributed by atoms with Gasteiger partial charge in [0.2, 0.25) is 0 Å². The fourth-order valence-electron chi connectivity index (χ4n) is 3.56. The van der Waals surface area contributed by atoms with Gasteiger partial charge in [-0.05, 0) is 55.6 Å². The molecule has 3 rings (SSSR count). The Hall–Kier alpha value is -0.860. The summed E-state index contributed by atoms with van der Waals surface area (Å²) in [4.78, 5) is 0. The van der Waals surface area contributed by atoms with Crippen molar-refractivity contribution in [1.82, 2.24) is 5.32 Å². The van der Waals surface area contributed by atoms with E-state index >= 15 is 0 Å². The zero-order chi connectivity index (χ0) is 13.3. The molecule has 0 aromatic heterocycles. The van der Waals surface area contributed by atoms with Gasteiger partial charge in [-0.15, -0.1) is 0 Å². The summed E-state index contributed by atoms with van der Waals surface area (Å²) in [5.41, 5.74) is 2.45. The Kier molecular flexibility index (Phi) is 3.64. The number of aryl methyl sites for hydroxylation is 1. The highest BCUT2D eigenvalue weighted by molar-refractivity contribution is 5.34. The molecule has 0 heterocycles. The van der Waals surface area contributed by atoms with Crippen LogP contribution in [-0.2, 0) is 6.42 Å². The molecular weight excluding hydrogens is 234 g/mol. The van der Waals surface area contributed by atoms with Crippen LogP contribution in [0.3, 0.4) is 0 Å². The van der Waals surface area contributed by atoms with Gasteiger partial charge in [-0.2, -0.15) is 0 Å². The smallest absolute Gasteiger partial charge is 0.0772 e. The Bertz CT molecular complexity index is 435. The monoisotopic (exact) mass is 259 g/mol. The Balaban J connectivity index is 1.59. The molecule has 1 aromatic carbocycles. The van der Waals surface area contributed by atoms with Crippen LogP contribution in [0.2, 0.25) is 0 Å². The second kappa shape index (κ2) is 5.26. The van der Waals surface area contributed by atoms with Gasteiger partial charge in [-0.25, -0.2) is 0 Å². The lowest BCUT2D eigenvalue weighted by Gasteiger charge is -2.36. The number of fused-ring (bicyclic) bond motifs is 1. The van der Waals surface area contributed by atoms with Crippen LogP contribution in [0.5, 0.6) is 0 Å². The van der Waals surface area contributed by atoms with E-state index in [9.17, 15) is 5.11 Å². The van der Waals surface area contributed by atoms with E-state index in [4.69, 9.17) is 0 Å². The molecule has 1 aromatic rings. The second-order valence-electron chi connectivity index (χ2n) is 6.58. The van der Waals surface area contributed by atoms with E-state index in [0.29, 0.717) is 6.04 Å². The molecule has 0 radical (unpaired) electrons. The lowest BCUT2D eigenvalue weighted by molar-refractivity contribution is -0.00818. The molecule has 104 valence electrons. The van der Waals surface area contributed by atoms with E-state index in [0.717, 1.165) is 25.3 Å². The van der Waals surface area contributed by atoms with Crippen molar-refractivity contribution in [2.45, 2.75) is 57.1 Å². The first-order valence-electron chi connectivity index (χ1n) is 7.70. The maximum absolute atomic E-state index is 10.6. The minimum atomic E-state index is -0.468. The molecule has 19 heavy (non-hydrogen) atoms. The van der Waals surface area contributed by atoms with Crippen LogP contribution in [0, 0.1) is 5.92 Å². The molecule has 2 aliphatic carbocycles. The SMILES string of the molecule is CC1CCC(O)(CNC2CCc3ccccc32)CC1. The minimum Gasteiger partial charge on any atom is -0.389 e. The zero-order valence-corrected chi connectivity index (χ0v) is 11.9. The Morgan fingerprint density at radius 2 is 1.95 bits per heavy atom. The lowest BCUT2D eigenvalue weighted by Crippen LogP contribution is -2.44. The third-order valence-electron chi connectivity index (χ3n) is 5.02. The van der Waals surface area contributed by atoms with Crippen molar-refractivity contribution in [3.63, 3.8) is 0 Å². The van der Waals surface area contributed by atoms with Crippen molar-refractivity contribution >= 4 is 0 Å². The number of benzene rings is 1. The first-order chi connectivity index (χ1) is 9.16. The number of hydrogen-bond donors (Lipinski definition) is 2. The predicted molar refractivity (Wildman–Crippen MR) is 78.1 cm³/mol. The molecule has 1 unspecified atom stereocenters. The molecule has 1 atom stereocenters. The van der Waals surface area contributed by atoms with Crippen molar-refractivity contribution < 1.29 is 5.11 Å². The molecule has 2 aliphatic rings. The van der Waals surface area contributed by atoms with Crippen molar-refractivity contribution in [1.29, 1.82) is 0 Å². The highest BCUT2D eigenvalue weighted by atomic mass is 16.3. The Morgan fingerprint density at radius 1 is 1.21 bits per heavy atom. The van der Waals surface area contributed by atoms with Crippen LogP contribution < -0.4 is 5.32 Å². The standard InChI is InChI=1S/C17H25NO/c1-13-8-10-17(19,11-9-13)12-18-16-7-6-14-4-2-3-5-15(14)16/h2-5,13,16,18-19H,6-12H2,1H3. The Labute approximate surface area is 116 Å². The quantitative estimate of drug-likeness (QED) is 0.873. The van der Waals surface area contributed by atoms with Gasteiger partial charge >= 0.3 is 0 Å². The molecule has 0 aliphatic heterocycles. The van der Waals surface area contributed by atoms with Gasteiger partial charge in [-0.3, -0.25) is 0 Å². The fourth-order valence-corrected chi connectivity index (χ4v) is 3.56. The topological polar surface area (TPSA) is 32.3 Å². The van der Waals surface area contributed by atoms with Crippen LogP contribution >= 0.6 is 0 Å². The van der Waals surface area contributed by atoms with Crippen molar-refractivity contribution in [3.05, 3.63) is 35.4 Å². The van der Waals surface area contributed by atoms with Crippen LogP contribution in [-0.4, -0.2) is 17.3 Å². The first-order valence-corrected chi connectivity index (χ1v) is 7.70. The number of nitrogens with one attached hydrogen (secondary N) is 1. The van der Waals surface area contributed by atoms with Crippen LogP contribution in [0.1, 0.15) is 56.2 Å². The van der Waals surface area contributed by atoms with Gasteiger partial charge in [0.1, 0.15) is 0 Å². The van der Waals surface area contributed by atoms with Crippen molar-refractivity contribution in [2.75, 3.05) is 6.54 Å². The highest BCUT2D eigenvalue weighted by Gasteiger charge is 2.33. The van der Waals surface area contributed by atoms with Gasteiger partial charge in [0, 0.05) is 12.6 Å². The van der Waals surface area contributed by atoms with Gasteiger partial charge in [0.15, 0.2) is 0 Å². The summed E-state index contributed by atoms with van der Waals surface area (Å²) >= 11 is 0. The highest BCUT2D eigenvalue weighted by Crippen LogP contribution is 2.34. The maximum Gasteiger partial charge on any atom is 0.0772 e. The minimum absolute atomic E-state index is 0.444. The molecule has 1 saturated carbocycles. The molecular formula is C17H25NO. The summed E-state index contributed by atoms with van der Waals surface area (Å²) in [7, 11) is 0. The zero-order valence-electron chi connectivity index (χ0n) is 11.9. The molecule has 2 nitrogen and oxygen atoms in total. The maximum atomic E-state index is 10.6. The number of hydrogen-bond acceptors (Lipinski definition) is 2. The average molecular weight is 259 g/mol. The molecule has 0 saturated heterocycles. The van der Waals surface area contributed by atoms with E-state index in [1.165, 1.54) is 36.8 Å². The van der Waals surface area contributed by atoms with E-state index < -0.39 is 5.60 Å². The average Bonchev–Trinajstić information content (AvgIpc) is 2.84. The fraction of sp³-hybridized carbons (Fsp3) is 0.647. The molecule has 0 amide bonds. The van der Waals surface area contributed by atoms with Crippen LogP contribution in [0.4, 0.5) is 0 Å². The Morgan fingerprint density at radius 3 is 2.74 bits per heavy atom. The van der Waals surface area contributed by atoms with E-state index in [1.54, 1.807) is 0 Å². The van der Waals surface area contributed by atoms with E-state index in [-0.39, 0.29) is 0 Å². The third-order valence-corrected chi connectivity index (χ3v) is 5.02. The number of rotatable bonds is 3. The van der Waals surface area contributed by atoms with Crippen LogP contribution in [0.15, 0.2) is 24.3 Å². The first kappa shape index (κ1) is 13.1. The normalized spacial score (nSPS) is 34.2. The van der Waals surface area contributed by atoms with Gasteiger partial charge in [0.05, 0.1) is 5.60 Å². The summed E-state index contributed by atoms with van der Waals surface area (Å²) in [6, 6.07) is 9.15. The molecule has 1 fully saturated rings. The van der Waals surface area contributed by atoms with Crippen LogP contribution in [0.25, 0.3) is 0 Å². The summed E-state index contributed by atoms with van der Waals surface area (Å²) in [5, 5.41) is 14.2. The van der Waals surface area contributed by atoms with Crippen molar-refractivity contribution in [2.24, 2.45) is 5.92 Å². The molecule has 0 spiro atoms. The summed E-state index contributed by atoms with van der Waals surface area (Å²) in [5.74, 6) is 0.785. The second-order valence-corrected chi connectivity index (χ2v) is 6.58. The summed E-state index contributed by atoms with van der Waals surface area (Å²) < 4.78 is 0. The predicted octanol–water partition coefficient (Wildman–Crippen LogP) is 3.20. The van der Waals surface area contributed by atoms with Crippen molar-refractivity contribution in [3.8, 4) is 0 Å². The van der Waals surface area contributed by atoms with Gasteiger partial charge in [0.25, 0.3) is 0 Å². The number of aliphatic hydroxyl groups is 1. The molecule has 2 N–H and O–H groups in total. The van der Waals surface area contributed by atoms with E-state index in [1.807, 2.05) is 0 Å². The molecule has 0 bridgehead atoms. The van der Waals surface area contributed by atoms with Gasteiger partial charge in [-0.1, -0.05) is 31.2 Å². The molecule has 2 heteroatoms. The largest absolute Gasteiger partial charge is 0.389 e. The lowest BCUT2D eigenvalue weighted by atomic mass is 9.79. The summed E-state index contributed by atoms with van der Waals surface area (Å²) in [6.07, 6.45) is 6.58.